The van der Waals surface area contributed by atoms with Crippen molar-refractivity contribution in [3.05, 3.63) is 64.3 Å². The van der Waals surface area contributed by atoms with Gasteiger partial charge in [0.05, 0.1) is 18.5 Å². The molecule has 0 aliphatic rings. The van der Waals surface area contributed by atoms with Crippen molar-refractivity contribution in [1.82, 2.24) is 19.9 Å². The number of rotatable bonds is 8. The van der Waals surface area contributed by atoms with Crippen LogP contribution in [0.1, 0.15) is 17.7 Å². The highest BCUT2D eigenvalue weighted by atomic mass is 19.4. The monoisotopic (exact) mass is 487 g/mol. The summed E-state index contributed by atoms with van der Waals surface area (Å²) in [7, 11) is 1.58. The average Bonchev–Trinajstić information content (AvgIpc) is 3.32. The van der Waals surface area contributed by atoms with Crippen LogP contribution < -0.4 is 20.9 Å². The minimum absolute atomic E-state index is 0.0548. The SMILES string of the molecule is Cn1ccc(C#CC(=O)Nc2cc(-c3ncc(C(F)(F)F)[nH]3)ccc2OCCCNC=O)cc1=O. The smallest absolute Gasteiger partial charge is 0.432 e. The van der Waals surface area contributed by atoms with Gasteiger partial charge in [-0.1, -0.05) is 5.92 Å². The fourth-order valence-corrected chi connectivity index (χ4v) is 2.84. The van der Waals surface area contributed by atoms with Gasteiger partial charge in [0.15, 0.2) is 0 Å². The summed E-state index contributed by atoms with van der Waals surface area (Å²) in [6.45, 7) is 0.568. The highest BCUT2D eigenvalue weighted by molar-refractivity contribution is 6.05. The number of hydrogen-bond acceptors (Lipinski definition) is 5. The molecule has 0 bridgehead atoms. The third-order valence-electron chi connectivity index (χ3n) is 4.61. The summed E-state index contributed by atoms with van der Waals surface area (Å²) < 4.78 is 45.8. The van der Waals surface area contributed by atoms with Crippen molar-refractivity contribution in [2.75, 3.05) is 18.5 Å². The number of ether oxygens (including phenoxy) is 1. The molecule has 2 heterocycles. The van der Waals surface area contributed by atoms with E-state index in [0.29, 0.717) is 31.1 Å². The largest absolute Gasteiger partial charge is 0.491 e. The molecular weight excluding hydrogens is 467 g/mol. The number of carbonyl (C=O) groups is 2. The Labute approximate surface area is 197 Å². The van der Waals surface area contributed by atoms with E-state index in [0.717, 1.165) is 0 Å². The summed E-state index contributed by atoms with van der Waals surface area (Å²) in [5.41, 5.74) is -0.543. The maximum absolute atomic E-state index is 12.9. The second kappa shape index (κ2) is 11.1. The normalized spacial score (nSPS) is 10.7. The molecule has 2 amide bonds. The number of imidazole rings is 1. The number of alkyl halides is 3. The fourth-order valence-electron chi connectivity index (χ4n) is 2.84. The molecule has 3 aromatic rings. The lowest BCUT2D eigenvalue weighted by Crippen LogP contribution is -2.16. The minimum atomic E-state index is -4.59. The van der Waals surface area contributed by atoms with Gasteiger partial charge in [0.2, 0.25) is 6.41 Å². The van der Waals surface area contributed by atoms with Crippen molar-refractivity contribution in [2.45, 2.75) is 12.6 Å². The van der Waals surface area contributed by atoms with Crippen molar-refractivity contribution < 1.29 is 27.5 Å². The Bertz CT molecular complexity index is 1340. The lowest BCUT2D eigenvalue weighted by atomic mass is 10.1. The third kappa shape index (κ3) is 6.97. The highest BCUT2D eigenvalue weighted by Gasteiger charge is 2.33. The number of aromatic nitrogens is 3. The highest BCUT2D eigenvalue weighted by Crippen LogP contribution is 2.32. The molecule has 0 aliphatic heterocycles. The Morgan fingerprint density at radius 1 is 1.29 bits per heavy atom. The summed E-state index contributed by atoms with van der Waals surface area (Å²) in [5.74, 6) is 4.40. The van der Waals surface area contributed by atoms with E-state index in [2.05, 4.69) is 32.4 Å². The van der Waals surface area contributed by atoms with E-state index in [1.165, 1.54) is 35.0 Å². The molecular formula is C23H20F3N5O4. The van der Waals surface area contributed by atoms with E-state index in [1.807, 2.05) is 0 Å². The number of nitrogens with one attached hydrogen (secondary N) is 3. The van der Waals surface area contributed by atoms with Gasteiger partial charge >= 0.3 is 12.1 Å². The number of carbonyl (C=O) groups excluding carboxylic acids is 2. The lowest BCUT2D eigenvalue weighted by molar-refractivity contribution is -0.140. The quantitative estimate of drug-likeness (QED) is 0.256. The lowest BCUT2D eigenvalue weighted by Gasteiger charge is -2.13. The first-order chi connectivity index (χ1) is 16.7. The second-order valence-electron chi connectivity index (χ2n) is 7.20. The Kier molecular flexibility index (Phi) is 7.93. The van der Waals surface area contributed by atoms with E-state index >= 15 is 0 Å². The van der Waals surface area contributed by atoms with Crippen LogP contribution in [0.15, 0.2) is 47.5 Å². The molecule has 1 aromatic carbocycles. The van der Waals surface area contributed by atoms with Gasteiger partial charge in [-0.3, -0.25) is 14.4 Å². The average molecular weight is 487 g/mol. The summed E-state index contributed by atoms with van der Waals surface area (Å²) in [6, 6.07) is 7.20. The van der Waals surface area contributed by atoms with Gasteiger partial charge < -0.3 is 24.9 Å². The molecule has 182 valence electrons. The van der Waals surface area contributed by atoms with Crippen LogP contribution in [0.3, 0.4) is 0 Å². The molecule has 0 fully saturated rings. The van der Waals surface area contributed by atoms with Crippen molar-refractivity contribution in [1.29, 1.82) is 0 Å². The van der Waals surface area contributed by atoms with Crippen LogP contribution >= 0.6 is 0 Å². The maximum atomic E-state index is 12.9. The maximum Gasteiger partial charge on any atom is 0.432 e. The predicted molar refractivity (Wildman–Crippen MR) is 120 cm³/mol. The first kappa shape index (κ1) is 25.1. The van der Waals surface area contributed by atoms with Crippen LogP contribution in [0.5, 0.6) is 5.75 Å². The van der Waals surface area contributed by atoms with Crippen LogP contribution in [0.25, 0.3) is 11.4 Å². The molecule has 0 saturated carbocycles. The minimum Gasteiger partial charge on any atom is -0.491 e. The van der Waals surface area contributed by atoms with Crippen LogP contribution in [0.4, 0.5) is 18.9 Å². The Balaban J connectivity index is 1.84. The van der Waals surface area contributed by atoms with Gasteiger partial charge in [-0.2, -0.15) is 13.2 Å². The number of H-pyrrole nitrogens is 1. The van der Waals surface area contributed by atoms with Crippen molar-refractivity contribution in [3.8, 4) is 29.0 Å². The number of pyridine rings is 1. The van der Waals surface area contributed by atoms with Gasteiger partial charge in [-0.05, 0) is 30.7 Å². The zero-order valence-corrected chi connectivity index (χ0v) is 18.4. The standard InChI is InChI=1S/C23H20F3N5O4/c1-31-9-7-15(11-21(31)34)3-6-20(33)29-17-12-16(22-28-13-19(30-22)23(24,25)26)4-5-18(17)35-10-2-8-27-14-32/h4-5,7,9,11-14H,2,8,10H2,1H3,(H,27,32)(H,28,30)(H,29,33). The van der Waals surface area contributed by atoms with E-state index in [1.54, 1.807) is 13.1 Å². The molecule has 0 atom stereocenters. The number of nitrogens with zero attached hydrogens (tertiary/aromatic N) is 2. The van der Waals surface area contributed by atoms with Crippen LogP contribution in [0, 0.1) is 11.8 Å². The van der Waals surface area contributed by atoms with Crippen molar-refractivity contribution in [2.24, 2.45) is 7.05 Å². The predicted octanol–water partition coefficient (Wildman–Crippen LogP) is 2.30. The topological polar surface area (TPSA) is 118 Å². The first-order valence-electron chi connectivity index (χ1n) is 10.2. The zero-order valence-electron chi connectivity index (χ0n) is 18.4. The molecule has 0 aliphatic carbocycles. The summed E-state index contributed by atoms with van der Waals surface area (Å²) >= 11 is 0. The van der Waals surface area contributed by atoms with E-state index in [4.69, 9.17) is 4.74 Å². The molecule has 35 heavy (non-hydrogen) atoms. The number of benzene rings is 1. The van der Waals surface area contributed by atoms with Gasteiger partial charge in [0, 0.05) is 42.9 Å². The molecule has 0 unspecified atom stereocenters. The Morgan fingerprint density at radius 3 is 2.77 bits per heavy atom. The molecule has 12 heteroatoms. The van der Waals surface area contributed by atoms with E-state index in [-0.39, 0.29) is 35.0 Å². The van der Waals surface area contributed by atoms with Crippen LogP contribution in [0.2, 0.25) is 0 Å². The molecule has 0 saturated heterocycles. The Morgan fingerprint density at radius 2 is 2.09 bits per heavy atom. The van der Waals surface area contributed by atoms with Gasteiger partial charge in [-0.15, -0.1) is 0 Å². The van der Waals surface area contributed by atoms with Crippen molar-refractivity contribution >= 4 is 18.0 Å². The molecule has 2 aromatic heterocycles. The fraction of sp³-hybridized carbons (Fsp3) is 0.217. The number of amides is 2. The second-order valence-corrected chi connectivity index (χ2v) is 7.20. The van der Waals surface area contributed by atoms with Crippen LogP contribution in [-0.2, 0) is 22.8 Å². The molecule has 9 nitrogen and oxygen atoms in total. The molecule has 3 rings (SSSR count). The van der Waals surface area contributed by atoms with Crippen LogP contribution in [-0.4, -0.2) is 40.0 Å². The van der Waals surface area contributed by atoms with Crippen molar-refractivity contribution in [3.63, 3.8) is 0 Å². The Hall–Kier alpha value is -4.53. The molecule has 0 radical (unpaired) electrons. The first-order valence-corrected chi connectivity index (χ1v) is 10.2. The summed E-state index contributed by atoms with van der Waals surface area (Å²) in [5, 5.41) is 5.04. The van der Waals surface area contributed by atoms with Gasteiger partial charge in [0.1, 0.15) is 17.3 Å². The number of aromatic amines is 1. The zero-order chi connectivity index (χ0) is 25.4. The summed E-state index contributed by atoms with van der Waals surface area (Å²) in [6.07, 6.45) is -1.37. The molecule has 3 N–H and O–H groups in total. The number of anilines is 1. The third-order valence-corrected chi connectivity index (χ3v) is 4.61. The van der Waals surface area contributed by atoms with Gasteiger partial charge in [0.25, 0.3) is 5.56 Å². The van der Waals surface area contributed by atoms with E-state index < -0.39 is 17.8 Å². The molecule has 0 spiro atoms. The number of hydrogen-bond donors (Lipinski definition) is 3. The summed E-state index contributed by atoms with van der Waals surface area (Å²) in [4.78, 5) is 40.4. The van der Waals surface area contributed by atoms with Gasteiger partial charge in [-0.25, -0.2) is 4.98 Å². The number of halogens is 3. The number of aryl methyl sites for hydroxylation is 1. The van der Waals surface area contributed by atoms with E-state index in [9.17, 15) is 27.6 Å².